The average Bonchev–Trinajstić information content (AvgIpc) is 3.20. The summed E-state index contributed by atoms with van der Waals surface area (Å²) < 4.78 is 13.6. The Balaban J connectivity index is 1.62. The zero-order chi connectivity index (χ0) is 22.5. The van der Waals surface area contributed by atoms with Crippen LogP contribution in [-0.2, 0) is 20.3 Å². The maximum absolute atomic E-state index is 11.4. The highest BCUT2D eigenvalue weighted by Gasteiger charge is 2.17. The summed E-state index contributed by atoms with van der Waals surface area (Å²) in [5.41, 5.74) is 3.33. The zero-order valence-electron chi connectivity index (χ0n) is 17.4. The second kappa shape index (κ2) is 9.58. The highest BCUT2D eigenvalue weighted by molar-refractivity contribution is 6.30. The molecule has 0 spiro atoms. The van der Waals surface area contributed by atoms with E-state index in [1.165, 1.54) is 10.7 Å². The number of aromatic nitrogens is 2. The van der Waals surface area contributed by atoms with Crippen LogP contribution in [0.1, 0.15) is 21.6 Å². The number of carboxylic acid groups (broad SMARTS) is 1. The van der Waals surface area contributed by atoms with Gasteiger partial charge in [-0.2, -0.15) is 5.10 Å². The van der Waals surface area contributed by atoms with E-state index in [2.05, 4.69) is 5.10 Å². The summed E-state index contributed by atoms with van der Waals surface area (Å²) in [6, 6.07) is 24.3. The van der Waals surface area contributed by atoms with Crippen molar-refractivity contribution in [1.82, 2.24) is 9.78 Å². The second-order valence-electron chi connectivity index (χ2n) is 7.19. The van der Waals surface area contributed by atoms with E-state index in [0.717, 1.165) is 16.7 Å². The molecule has 4 rings (SSSR count). The molecule has 162 valence electrons. The Bertz CT molecular complexity index is 1220. The molecule has 32 heavy (non-hydrogen) atoms. The monoisotopic (exact) mass is 448 g/mol. The summed E-state index contributed by atoms with van der Waals surface area (Å²) in [5.74, 6) is 0.122. The first-order chi connectivity index (χ1) is 15.5. The lowest BCUT2D eigenvalue weighted by Crippen LogP contribution is -2.01. The molecule has 7 heteroatoms. The van der Waals surface area contributed by atoms with Gasteiger partial charge in [0.05, 0.1) is 5.69 Å². The van der Waals surface area contributed by atoms with Crippen LogP contribution in [0.5, 0.6) is 11.5 Å². The van der Waals surface area contributed by atoms with Crippen LogP contribution in [0, 0.1) is 0 Å². The molecule has 0 bridgehead atoms. The summed E-state index contributed by atoms with van der Waals surface area (Å²) in [7, 11) is 1.70. The van der Waals surface area contributed by atoms with Gasteiger partial charge in [0.25, 0.3) is 0 Å². The van der Waals surface area contributed by atoms with Gasteiger partial charge in [-0.05, 0) is 41.5 Å². The number of carboxylic acids is 1. The minimum Gasteiger partial charge on any atom is -0.489 e. The quantitative estimate of drug-likeness (QED) is 0.380. The second-order valence-corrected chi connectivity index (χ2v) is 7.63. The third kappa shape index (κ3) is 5.10. The van der Waals surface area contributed by atoms with E-state index in [1.807, 2.05) is 72.8 Å². The first-order valence-electron chi connectivity index (χ1n) is 9.95. The molecule has 0 atom stereocenters. The Kier molecular flexibility index (Phi) is 6.42. The lowest BCUT2D eigenvalue weighted by atomic mass is 10.1. The van der Waals surface area contributed by atoms with Crippen LogP contribution in [0.25, 0.3) is 11.3 Å². The maximum Gasteiger partial charge on any atom is 0.356 e. The first-order valence-corrected chi connectivity index (χ1v) is 10.3. The predicted molar refractivity (Wildman–Crippen MR) is 122 cm³/mol. The van der Waals surface area contributed by atoms with E-state index >= 15 is 0 Å². The highest BCUT2D eigenvalue weighted by Crippen LogP contribution is 2.34. The van der Waals surface area contributed by atoms with E-state index in [4.69, 9.17) is 21.1 Å². The van der Waals surface area contributed by atoms with Gasteiger partial charge < -0.3 is 14.6 Å². The summed E-state index contributed by atoms with van der Waals surface area (Å²) in [4.78, 5) is 11.4. The molecule has 3 aromatic carbocycles. The van der Waals surface area contributed by atoms with Gasteiger partial charge >= 0.3 is 5.97 Å². The van der Waals surface area contributed by atoms with Crippen molar-refractivity contribution in [3.63, 3.8) is 0 Å². The highest BCUT2D eigenvalue weighted by atomic mass is 35.5. The van der Waals surface area contributed by atoms with E-state index < -0.39 is 5.97 Å². The smallest absolute Gasteiger partial charge is 0.356 e. The number of hydrogen-bond donors (Lipinski definition) is 1. The molecule has 1 heterocycles. The van der Waals surface area contributed by atoms with Crippen LogP contribution >= 0.6 is 11.6 Å². The SMILES string of the molecule is Cn1nc(C(=O)O)cc1-c1ccc(OCc2ccc(Cl)cc2)cc1OCc1ccccc1. The summed E-state index contributed by atoms with van der Waals surface area (Å²) in [6.45, 7) is 0.738. The number of carbonyl (C=O) groups is 1. The van der Waals surface area contributed by atoms with Crippen molar-refractivity contribution in [3.8, 4) is 22.8 Å². The molecule has 4 aromatic rings. The van der Waals surface area contributed by atoms with E-state index in [0.29, 0.717) is 35.4 Å². The average molecular weight is 449 g/mol. The van der Waals surface area contributed by atoms with Crippen LogP contribution in [0.3, 0.4) is 0 Å². The fourth-order valence-electron chi connectivity index (χ4n) is 3.23. The zero-order valence-corrected chi connectivity index (χ0v) is 18.1. The van der Waals surface area contributed by atoms with Crippen molar-refractivity contribution >= 4 is 17.6 Å². The fourth-order valence-corrected chi connectivity index (χ4v) is 3.36. The molecular weight excluding hydrogens is 428 g/mol. The Labute approximate surface area is 190 Å². The van der Waals surface area contributed by atoms with Crippen molar-refractivity contribution in [2.45, 2.75) is 13.2 Å². The molecule has 1 N–H and O–H groups in total. The molecule has 0 amide bonds. The molecule has 0 radical (unpaired) electrons. The van der Waals surface area contributed by atoms with Crippen LogP contribution in [-0.4, -0.2) is 20.9 Å². The summed E-state index contributed by atoms with van der Waals surface area (Å²) >= 11 is 5.94. The molecule has 0 saturated heterocycles. The minimum absolute atomic E-state index is 0.0282. The van der Waals surface area contributed by atoms with Crippen LogP contribution in [0.15, 0.2) is 78.9 Å². The lowest BCUT2D eigenvalue weighted by Gasteiger charge is -2.14. The van der Waals surface area contributed by atoms with Gasteiger partial charge in [0.1, 0.15) is 24.7 Å². The molecule has 0 unspecified atom stereocenters. The van der Waals surface area contributed by atoms with Gasteiger partial charge in [-0.25, -0.2) is 4.79 Å². The molecule has 6 nitrogen and oxygen atoms in total. The predicted octanol–water partition coefficient (Wildman–Crippen LogP) is 5.60. The lowest BCUT2D eigenvalue weighted by molar-refractivity contribution is 0.0689. The van der Waals surface area contributed by atoms with Crippen LogP contribution in [0.2, 0.25) is 5.02 Å². The van der Waals surface area contributed by atoms with Crippen LogP contribution < -0.4 is 9.47 Å². The van der Waals surface area contributed by atoms with E-state index in [9.17, 15) is 9.90 Å². The molecule has 0 aliphatic rings. The number of benzene rings is 3. The molecule has 0 fully saturated rings. The van der Waals surface area contributed by atoms with Crippen LogP contribution in [0.4, 0.5) is 0 Å². The Morgan fingerprint density at radius 2 is 1.62 bits per heavy atom. The molecule has 0 aliphatic carbocycles. The summed E-state index contributed by atoms with van der Waals surface area (Å²) in [5, 5.41) is 14.0. The van der Waals surface area contributed by atoms with Gasteiger partial charge in [0.15, 0.2) is 5.69 Å². The number of nitrogens with zero attached hydrogens (tertiary/aromatic N) is 2. The molecule has 0 aliphatic heterocycles. The Hall–Kier alpha value is -3.77. The number of aryl methyl sites for hydroxylation is 1. The van der Waals surface area contributed by atoms with Gasteiger partial charge in [-0.3, -0.25) is 4.68 Å². The van der Waals surface area contributed by atoms with E-state index in [1.54, 1.807) is 7.05 Å². The topological polar surface area (TPSA) is 73.6 Å². The third-order valence-electron chi connectivity index (χ3n) is 4.88. The van der Waals surface area contributed by atoms with Crippen molar-refractivity contribution in [2.24, 2.45) is 7.05 Å². The van der Waals surface area contributed by atoms with E-state index in [-0.39, 0.29) is 5.69 Å². The van der Waals surface area contributed by atoms with Gasteiger partial charge in [-0.15, -0.1) is 0 Å². The largest absolute Gasteiger partial charge is 0.489 e. The van der Waals surface area contributed by atoms with Gasteiger partial charge in [-0.1, -0.05) is 54.1 Å². The fraction of sp³-hybridized carbons (Fsp3) is 0.120. The Morgan fingerprint density at radius 3 is 2.31 bits per heavy atom. The number of rotatable bonds is 8. The maximum atomic E-state index is 11.4. The third-order valence-corrected chi connectivity index (χ3v) is 5.14. The number of halogens is 1. The number of ether oxygens (including phenoxy) is 2. The molecule has 0 saturated carbocycles. The molecular formula is C25H21ClN2O4. The standard InChI is InChI=1S/C25H21ClN2O4/c1-28-23(14-22(27-28)25(29)30)21-12-11-20(31-15-18-7-9-19(26)10-8-18)13-24(21)32-16-17-5-3-2-4-6-17/h2-14H,15-16H2,1H3,(H,29,30). The number of aromatic carboxylic acids is 1. The number of hydrogen-bond acceptors (Lipinski definition) is 4. The van der Waals surface area contributed by atoms with Crippen molar-refractivity contribution < 1.29 is 19.4 Å². The van der Waals surface area contributed by atoms with Gasteiger partial charge in [0.2, 0.25) is 0 Å². The van der Waals surface area contributed by atoms with Crippen molar-refractivity contribution in [3.05, 3.63) is 101 Å². The van der Waals surface area contributed by atoms with Gasteiger partial charge in [0, 0.05) is 23.7 Å². The molecule has 1 aromatic heterocycles. The van der Waals surface area contributed by atoms with Crippen molar-refractivity contribution in [2.75, 3.05) is 0 Å². The Morgan fingerprint density at radius 1 is 0.938 bits per heavy atom. The first kappa shape index (κ1) is 21.5. The van der Waals surface area contributed by atoms with Crippen molar-refractivity contribution in [1.29, 1.82) is 0 Å². The summed E-state index contributed by atoms with van der Waals surface area (Å²) in [6.07, 6.45) is 0. The minimum atomic E-state index is -1.08. The normalized spacial score (nSPS) is 10.7.